The highest BCUT2D eigenvalue weighted by Crippen LogP contribution is 2.24. The summed E-state index contributed by atoms with van der Waals surface area (Å²) in [5.74, 6) is -1.43. The van der Waals surface area contributed by atoms with Crippen LogP contribution in [0.4, 0.5) is 0 Å². The Bertz CT molecular complexity index is 338. The van der Waals surface area contributed by atoms with E-state index in [0.717, 1.165) is 0 Å². The highest BCUT2D eigenvalue weighted by molar-refractivity contribution is 5.67. The van der Waals surface area contributed by atoms with E-state index in [2.05, 4.69) is 0 Å². The van der Waals surface area contributed by atoms with E-state index >= 15 is 0 Å². The molecule has 1 rings (SSSR count). The summed E-state index contributed by atoms with van der Waals surface area (Å²) in [4.78, 5) is 32.4. The van der Waals surface area contributed by atoms with Gasteiger partial charge in [-0.05, 0) is 0 Å². The largest absolute Gasteiger partial charge is 0.463 e. The van der Waals surface area contributed by atoms with E-state index in [1.807, 2.05) is 0 Å². The SMILES string of the molecule is CC(=O)OCC1OC(OC(C)=O)CC1OC(C)=O. The maximum Gasteiger partial charge on any atom is 0.304 e. The molecule has 102 valence electrons. The highest BCUT2D eigenvalue weighted by atomic mass is 16.7. The maximum atomic E-state index is 10.9. The topological polar surface area (TPSA) is 88.1 Å². The van der Waals surface area contributed by atoms with Gasteiger partial charge in [-0.1, -0.05) is 0 Å². The predicted molar refractivity (Wildman–Crippen MR) is 57.2 cm³/mol. The van der Waals surface area contributed by atoms with Crippen molar-refractivity contribution in [2.24, 2.45) is 0 Å². The fraction of sp³-hybridized carbons (Fsp3) is 0.727. The summed E-state index contributed by atoms with van der Waals surface area (Å²) >= 11 is 0. The highest BCUT2D eigenvalue weighted by Gasteiger charge is 2.39. The molecular formula is C11H16O7. The molecule has 0 bridgehead atoms. The van der Waals surface area contributed by atoms with Crippen molar-refractivity contribution in [2.45, 2.75) is 45.7 Å². The molecule has 3 unspecified atom stereocenters. The third-order valence-electron chi connectivity index (χ3n) is 2.23. The Kier molecular flexibility index (Phi) is 5.08. The van der Waals surface area contributed by atoms with E-state index in [0.29, 0.717) is 0 Å². The molecule has 0 aromatic rings. The second-order valence-corrected chi connectivity index (χ2v) is 3.90. The first-order chi connectivity index (χ1) is 8.38. The summed E-state index contributed by atoms with van der Waals surface area (Å²) in [7, 11) is 0. The Morgan fingerprint density at radius 1 is 1.06 bits per heavy atom. The van der Waals surface area contributed by atoms with Gasteiger partial charge in [0.2, 0.25) is 6.29 Å². The number of carbonyl (C=O) groups is 3. The third kappa shape index (κ3) is 4.70. The quantitative estimate of drug-likeness (QED) is 0.525. The lowest BCUT2D eigenvalue weighted by Gasteiger charge is -2.17. The normalized spacial score (nSPS) is 26.5. The molecule has 1 aliphatic rings. The van der Waals surface area contributed by atoms with Crippen LogP contribution in [0.25, 0.3) is 0 Å². The van der Waals surface area contributed by atoms with E-state index in [4.69, 9.17) is 18.9 Å². The molecule has 0 aliphatic carbocycles. The summed E-state index contributed by atoms with van der Waals surface area (Å²) in [6.45, 7) is 3.73. The molecule has 0 spiro atoms. The Balaban J connectivity index is 2.56. The zero-order valence-electron chi connectivity index (χ0n) is 10.5. The molecular weight excluding hydrogens is 244 g/mol. The molecule has 0 aromatic heterocycles. The zero-order valence-corrected chi connectivity index (χ0v) is 10.5. The van der Waals surface area contributed by atoms with Crippen LogP contribution in [0.5, 0.6) is 0 Å². The number of rotatable bonds is 4. The molecule has 1 aliphatic heterocycles. The van der Waals surface area contributed by atoms with Crippen LogP contribution < -0.4 is 0 Å². The predicted octanol–water partition coefficient (Wildman–Crippen LogP) is 0.159. The van der Waals surface area contributed by atoms with Gasteiger partial charge in [0.15, 0.2) is 0 Å². The second kappa shape index (κ2) is 6.34. The van der Waals surface area contributed by atoms with Gasteiger partial charge in [0.05, 0.1) is 6.42 Å². The summed E-state index contributed by atoms with van der Waals surface area (Å²) < 4.78 is 20.0. The van der Waals surface area contributed by atoms with Crippen LogP contribution in [0.15, 0.2) is 0 Å². The molecule has 0 saturated carbocycles. The number of carbonyl (C=O) groups excluding carboxylic acids is 3. The number of ether oxygens (including phenoxy) is 4. The second-order valence-electron chi connectivity index (χ2n) is 3.90. The standard InChI is InChI=1S/C11H16O7/c1-6(12)15-5-10-9(16-7(2)13)4-11(18-10)17-8(3)14/h9-11H,4-5H2,1-3H3. The smallest absolute Gasteiger partial charge is 0.304 e. The van der Waals surface area contributed by atoms with Gasteiger partial charge in [-0.3, -0.25) is 14.4 Å². The lowest BCUT2D eigenvalue weighted by atomic mass is 10.2. The van der Waals surface area contributed by atoms with Gasteiger partial charge >= 0.3 is 17.9 Å². The Labute approximate surface area is 104 Å². The van der Waals surface area contributed by atoms with Gasteiger partial charge < -0.3 is 18.9 Å². The molecule has 7 nitrogen and oxygen atoms in total. The van der Waals surface area contributed by atoms with Gasteiger partial charge in [-0.25, -0.2) is 0 Å². The average molecular weight is 260 g/mol. The fourth-order valence-corrected chi connectivity index (χ4v) is 1.62. The van der Waals surface area contributed by atoms with Crippen molar-refractivity contribution in [1.82, 2.24) is 0 Å². The fourth-order valence-electron chi connectivity index (χ4n) is 1.62. The van der Waals surface area contributed by atoms with Crippen molar-refractivity contribution in [3.05, 3.63) is 0 Å². The Morgan fingerprint density at radius 2 is 1.67 bits per heavy atom. The van der Waals surface area contributed by atoms with Crippen LogP contribution in [0.2, 0.25) is 0 Å². The van der Waals surface area contributed by atoms with Crippen molar-refractivity contribution in [3.63, 3.8) is 0 Å². The summed E-state index contributed by atoms with van der Waals surface area (Å²) in [5, 5.41) is 0. The average Bonchev–Trinajstić information content (AvgIpc) is 2.55. The third-order valence-corrected chi connectivity index (χ3v) is 2.23. The molecule has 0 amide bonds. The Morgan fingerprint density at radius 3 is 2.17 bits per heavy atom. The van der Waals surface area contributed by atoms with Gasteiger partial charge in [0.25, 0.3) is 0 Å². The zero-order chi connectivity index (χ0) is 13.7. The number of hydrogen-bond donors (Lipinski definition) is 0. The van der Waals surface area contributed by atoms with Crippen LogP contribution in [0.1, 0.15) is 27.2 Å². The first-order valence-electron chi connectivity index (χ1n) is 5.51. The van der Waals surface area contributed by atoms with Crippen molar-refractivity contribution in [3.8, 4) is 0 Å². The van der Waals surface area contributed by atoms with E-state index in [9.17, 15) is 14.4 Å². The first kappa shape index (κ1) is 14.4. The molecule has 1 heterocycles. The lowest BCUT2D eigenvalue weighted by molar-refractivity contribution is -0.179. The minimum absolute atomic E-state index is 0.0506. The van der Waals surface area contributed by atoms with Gasteiger partial charge in [0, 0.05) is 20.8 Å². The van der Waals surface area contributed by atoms with Gasteiger partial charge in [-0.2, -0.15) is 0 Å². The van der Waals surface area contributed by atoms with E-state index < -0.39 is 36.4 Å². The monoisotopic (exact) mass is 260 g/mol. The van der Waals surface area contributed by atoms with E-state index in [-0.39, 0.29) is 13.0 Å². The Hall–Kier alpha value is -1.63. The van der Waals surface area contributed by atoms with Gasteiger partial charge in [-0.15, -0.1) is 0 Å². The molecule has 7 heteroatoms. The van der Waals surface area contributed by atoms with Gasteiger partial charge in [0.1, 0.15) is 18.8 Å². The van der Waals surface area contributed by atoms with Crippen LogP contribution in [0.3, 0.4) is 0 Å². The van der Waals surface area contributed by atoms with Crippen LogP contribution in [-0.2, 0) is 33.3 Å². The maximum absolute atomic E-state index is 10.9. The molecule has 0 N–H and O–H groups in total. The van der Waals surface area contributed by atoms with Crippen molar-refractivity contribution in [2.75, 3.05) is 6.61 Å². The molecule has 18 heavy (non-hydrogen) atoms. The van der Waals surface area contributed by atoms with Crippen LogP contribution in [0, 0.1) is 0 Å². The van der Waals surface area contributed by atoms with Crippen LogP contribution >= 0.6 is 0 Å². The minimum atomic E-state index is -0.785. The number of hydrogen-bond acceptors (Lipinski definition) is 7. The summed E-state index contributed by atoms with van der Waals surface area (Å²) in [6.07, 6.45) is -1.77. The minimum Gasteiger partial charge on any atom is -0.463 e. The first-order valence-corrected chi connectivity index (χ1v) is 5.51. The van der Waals surface area contributed by atoms with E-state index in [1.54, 1.807) is 0 Å². The lowest BCUT2D eigenvalue weighted by Crippen LogP contribution is -2.31. The van der Waals surface area contributed by atoms with Crippen molar-refractivity contribution < 1.29 is 33.3 Å². The number of esters is 3. The molecule has 1 fully saturated rings. The summed E-state index contributed by atoms with van der Waals surface area (Å²) in [5.41, 5.74) is 0. The molecule has 0 aromatic carbocycles. The van der Waals surface area contributed by atoms with Crippen molar-refractivity contribution in [1.29, 1.82) is 0 Å². The molecule has 1 saturated heterocycles. The molecule has 0 radical (unpaired) electrons. The van der Waals surface area contributed by atoms with Crippen molar-refractivity contribution >= 4 is 17.9 Å². The summed E-state index contributed by atoms with van der Waals surface area (Å²) in [6, 6.07) is 0. The van der Waals surface area contributed by atoms with Crippen LogP contribution in [-0.4, -0.2) is 43.0 Å². The molecule has 3 atom stereocenters. The van der Waals surface area contributed by atoms with E-state index in [1.165, 1.54) is 20.8 Å².